The molecule has 0 saturated heterocycles. The van der Waals surface area contributed by atoms with Crippen LogP contribution in [-0.4, -0.2) is 41.6 Å². The molecule has 6 nitrogen and oxygen atoms in total. The van der Waals surface area contributed by atoms with Crippen molar-refractivity contribution in [1.82, 2.24) is 10.2 Å². The molecule has 188 valence electrons. The quantitative estimate of drug-likeness (QED) is 0.254. The van der Waals surface area contributed by atoms with Gasteiger partial charge in [0.25, 0.3) is 11.8 Å². The first-order valence-corrected chi connectivity index (χ1v) is 12.4. The standard InChI is InChI=1S/C31H31N3O3/c32-30(36)29(35)28(21-24-9-3-1-4-10-24)33-31(37)27-12-6-5-11-26(27)18-17-23-13-15-25(16-14-23)22-34-19-7-2-8-20-34/h1-7,9-18,28H,8,19-22H2,(H2,32,36)(H,33,37)/b18-17+. The topological polar surface area (TPSA) is 92.5 Å². The lowest BCUT2D eigenvalue weighted by molar-refractivity contribution is -0.137. The number of nitrogens with one attached hydrogen (secondary N) is 1. The van der Waals surface area contributed by atoms with E-state index in [2.05, 4.69) is 46.6 Å². The average molecular weight is 494 g/mol. The Morgan fingerprint density at radius 3 is 2.30 bits per heavy atom. The molecule has 1 aliphatic rings. The highest BCUT2D eigenvalue weighted by Gasteiger charge is 2.26. The van der Waals surface area contributed by atoms with Gasteiger partial charge in [0.2, 0.25) is 5.78 Å². The number of benzene rings is 3. The van der Waals surface area contributed by atoms with Crippen molar-refractivity contribution in [2.24, 2.45) is 5.73 Å². The van der Waals surface area contributed by atoms with Gasteiger partial charge in [-0.1, -0.05) is 97.1 Å². The summed E-state index contributed by atoms with van der Waals surface area (Å²) >= 11 is 0. The number of Topliss-reactive ketones (excluding diaryl/α,β-unsaturated/α-hetero) is 1. The van der Waals surface area contributed by atoms with Gasteiger partial charge in [0.1, 0.15) is 6.04 Å². The van der Waals surface area contributed by atoms with E-state index in [1.54, 1.807) is 12.1 Å². The lowest BCUT2D eigenvalue weighted by Gasteiger charge is -2.22. The van der Waals surface area contributed by atoms with Gasteiger partial charge in [-0.2, -0.15) is 0 Å². The third-order valence-corrected chi connectivity index (χ3v) is 6.34. The van der Waals surface area contributed by atoms with Crippen molar-refractivity contribution in [3.05, 3.63) is 119 Å². The highest BCUT2D eigenvalue weighted by atomic mass is 16.2. The van der Waals surface area contributed by atoms with Gasteiger partial charge in [0.05, 0.1) is 0 Å². The smallest absolute Gasteiger partial charge is 0.287 e. The van der Waals surface area contributed by atoms with Crippen molar-refractivity contribution in [3.63, 3.8) is 0 Å². The molecule has 0 radical (unpaired) electrons. The van der Waals surface area contributed by atoms with Crippen LogP contribution in [-0.2, 0) is 22.6 Å². The molecule has 0 fully saturated rings. The predicted molar refractivity (Wildman–Crippen MR) is 146 cm³/mol. The van der Waals surface area contributed by atoms with Crippen LogP contribution >= 0.6 is 0 Å². The summed E-state index contributed by atoms with van der Waals surface area (Å²) in [5, 5.41) is 2.72. The zero-order valence-electron chi connectivity index (χ0n) is 20.7. The summed E-state index contributed by atoms with van der Waals surface area (Å²) in [6, 6.07) is 23.7. The van der Waals surface area contributed by atoms with E-state index in [0.717, 1.165) is 37.2 Å². The minimum atomic E-state index is -1.07. The van der Waals surface area contributed by atoms with Gasteiger partial charge >= 0.3 is 0 Å². The second-order valence-electron chi connectivity index (χ2n) is 9.10. The molecule has 1 heterocycles. The van der Waals surface area contributed by atoms with E-state index >= 15 is 0 Å². The Bertz CT molecular complexity index is 1300. The number of amides is 2. The van der Waals surface area contributed by atoms with Gasteiger partial charge in [-0.05, 0) is 34.7 Å². The summed E-state index contributed by atoms with van der Waals surface area (Å²) in [4.78, 5) is 39.7. The molecule has 1 aliphatic heterocycles. The Balaban J connectivity index is 1.46. The van der Waals surface area contributed by atoms with E-state index in [1.807, 2.05) is 54.6 Å². The third kappa shape index (κ3) is 7.35. The van der Waals surface area contributed by atoms with Crippen LogP contribution in [0.1, 0.15) is 39.0 Å². The molecule has 6 heteroatoms. The fraction of sp³-hybridized carbons (Fsp3) is 0.194. The summed E-state index contributed by atoms with van der Waals surface area (Å²) < 4.78 is 0. The van der Waals surface area contributed by atoms with Crippen LogP contribution in [0.3, 0.4) is 0 Å². The first-order valence-electron chi connectivity index (χ1n) is 12.4. The largest absolute Gasteiger partial charge is 0.363 e. The molecule has 37 heavy (non-hydrogen) atoms. The van der Waals surface area contributed by atoms with Crippen molar-refractivity contribution >= 4 is 29.7 Å². The minimum Gasteiger partial charge on any atom is -0.363 e. The maximum atomic E-state index is 13.2. The fourth-order valence-electron chi connectivity index (χ4n) is 4.33. The first kappa shape index (κ1) is 25.8. The second-order valence-corrected chi connectivity index (χ2v) is 9.10. The molecule has 0 aliphatic carbocycles. The van der Waals surface area contributed by atoms with E-state index in [0.29, 0.717) is 11.1 Å². The lowest BCUT2D eigenvalue weighted by Crippen LogP contribution is -2.47. The van der Waals surface area contributed by atoms with Crippen molar-refractivity contribution in [2.75, 3.05) is 13.1 Å². The molecule has 0 saturated carbocycles. The van der Waals surface area contributed by atoms with Gasteiger partial charge < -0.3 is 11.1 Å². The number of carbonyl (C=O) groups is 3. The minimum absolute atomic E-state index is 0.173. The molecule has 0 spiro atoms. The predicted octanol–water partition coefficient (Wildman–Crippen LogP) is 4.01. The number of hydrogen-bond donors (Lipinski definition) is 2. The van der Waals surface area contributed by atoms with E-state index in [9.17, 15) is 14.4 Å². The molecule has 3 aromatic rings. The van der Waals surface area contributed by atoms with Crippen molar-refractivity contribution in [1.29, 1.82) is 0 Å². The van der Waals surface area contributed by atoms with Gasteiger partial charge in [-0.15, -0.1) is 0 Å². The lowest BCUT2D eigenvalue weighted by atomic mass is 10.00. The van der Waals surface area contributed by atoms with Crippen molar-refractivity contribution in [3.8, 4) is 0 Å². The van der Waals surface area contributed by atoms with Crippen LogP contribution in [0.25, 0.3) is 12.2 Å². The van der Waals surface area contributed by atoms with Crippen molar-refractivity contribution in [2.45, 2.75) is 25.4 Å². The molecular weight excluding hydrogens is 462 g/mol. The van der Waals surface area contributed by atoms with E-state index in [1.165, 1.54) is 5.56 Å². The van der Waals surface area contributed by atoms with Crippen molar-refractivity contribution < 1.29 is 14.4 Å². The molecule has 4 rings (SSSR count). The monoisotopic (exact) mass is 493 g/mol. The summed E-state index contributed by atoms with van der Waals surface area (Å²) in [7, 11) is 0. The first-order chi connectivity index (χ1) is 18.0. The second kappa shape index (κ2) is 12.6. The summed E-state index contributed by atoms with van der Waals surface area (Å²) in [6.07, 6.45) is 9.53. The Morgan fingerprint density at radius 2 is 1.59 bits per heavy atom. The SMILES string of the molecule is NC(=O)C(=O)C(Cc1ccccc1)NC(=O)c1ccccc1/C=C/c1ccc(CN2CC=CCC2)cc1. The highest BCUT2D eigenvalue weighted by Crippen LogP contribution is 2.16. The van der Waals surface area contributed by atoms with E-state index in [4.69, 9.17) is 5.73 Å². The Kier molecular flexibility index (Phi) is 8.79. The zero-order chi connectivity index (χ0) is 26.0. The molecule has 0 bridgehead atoms. The number of rotatable bonds is 10. The number of nitrogens with two attached hydrogens (primary N) is 1. The van der Waals surface area contributed by atoms with E-state index in [-0.39, 0.29) is 6.42 Å². The molecule has 3 aromatic carbocycles. The molecule has 1 atom stereocenters. The van der Waals surface area contributed by atoms with Gasteiger partial charge in [0, 0.05) is 31.6 Å². The number of carbonyl (C=O) groups excluding carboxylic acids is 3. The van der Waals surface area contributed by atoms with Crippen LogP contribution in [0.2, 0.25) is 0 Å². The molecular formula is C31H31N3O3. The maximum absolute atomic E-state index is 13.2. The van der Waals surface area contributed by atoms with Crippen LogP contribution in [0, 0.1) is 0 Å². The normalized spacial score (nSPS) is 14.4. The van der Waals surface area contributed by atoms with Crippen LogP contribution in [0.5, 0.6) is 0 Å². The number of hydrogen-bond acceptors (Lipinski definition) is 4. The number of nitrogens with zero attached hydrogens (tertiary/aromatic N) is 1. The van der Waals surface area contributed by atoms with Crippen LogP contribution in [0.4, 0.5) is 0 Å². The van der Waals surface area contributed by atoms with Gasteiger partial charge in [-0.3, -0.25) is 19.3 Å². The maximum Gasteiger partial charge on any atom is 0.287 e. The summed E-state index contributed by atoms with van der Waals surface area (Å²) in [5.74, 6) is -2.35. The zero-order valence-corrected chi connectivity index (χ0v) is 20.7. The molecule has 2 amide bonds. The third-order valence-electron chi connectivity index (χ3n) is 6.34. The fourth-order valence-corrected chi connectivity index (χ4v) is 4.33. The van der Waals surface area contributed by atoms with Crippen LogP contribution < -0.4 is 11.1 Å². The van der Waals surface area contributed by atoms with Gasteiger partial charge in [0.15, 0.2) is 0 Å². The van der Waals surface area contributed by atoms with Crippen LogP contribution in [0.15, 0.2) is 91.0 Å². The Labute approximate surface area is 217 Å². The number of primary amides is 1. The Morgan fingerprint density at radius 1 is 0.865 bits per heavy atom. The molecule has 0 aromatic heterocycles. The average Bonchev–Trinajstić information content (AvgIpc) is 2.93. The molecule has 3 N–H and O–H groups in total. The highest BCUT2D eigenvalue weighted by molar-refractivity contribution is 6.38. The van der Waals surface area contributed by atoms with Gasteiger partial charge in [-0.25, -0.2) is 0 Å². The number of ketones is 1. The Hall–Kier alpha value is -4.29. The van der Waals surface area contributed by atoms with E-state index < -0.39 is 23.6 Å². The molecule has 1 unspecified atom stereocenters. The summed E-state index contributed by atoms with van der Waals surface area (Å²) in [6.45, 7) is 2.98. The summed E-state index contributed by atoms with van der Waals surface area (Å²) in [5.41, 5.74) is 9.46.